The number of rotatable bonds is 1. The van der Waals surface area contributed by atoms with E-state index in [0.29, 0.717) is 5.69 Å². The molecule has 4 nitrogen and oxygen atoms in total. The van der Waals surface area contributed by atoms with Crippen LogP contribution in [0.15, 0.2) is 10.8 Å². The molecule has 0 saturated carbocycles. The molecular formula is C4H6N2O2. The first-order chi connectivity index (χ1) is 3.84. The van der Waals surface area contributed by atoms with E-state index in [2.05, 4.69) is 9.68 Å². The second-order valence-corrected chi connectivity index (χ2v) is 1.35. The number of hydrogen-bond acceptors (Lipinski definition) is 4. The maximum Gasteiger partial charge on any atom is 0.180 e. The van der Waals surface area contributed by atoms with Gasteiger partial charge in [0.25, 0.3) is 0 Å². The van der Waals surface area contributed by atoms with Crippen molar-refractivity contribution in [3.8, 4) is 5.75 Å². The molecule has 0 spiro atoms. The Kier molecular flexibility index (Phi) is 1.17. The van der Waals surface area contributed by atoms with Crippen LogP contribution in [0, 0.1) is 0 Å². The summed E-state index contributed by atoms with van der Waals surface area (Å²) in [6.07, 6.45) is 1.14. The van der Waals surface area contributed by atoms with E-state index in [1.165, 1.54) is 0 Å². The number of hydrogen-bond donors (Lipinski definition) is 2. The van der Waals surface area contributed by atoms with Gasteiger partial charge in [0, 0.05) is 6.54 Å². The zero-order valence-electron chi connectivity index (χ0n) is 4.16. The smallest absolute Gasteiger partial charge is 0.180 e. The zero-order valence-corrected chi connectivity index (χ0v) is 4.16. The van der Waals surface area contributed by atoms with Gasteiger partial charge in [0.1, 0.15) is 5.69 Å². The average Bonchev–Trinajstić information content (AvgIpc) is 2.14. The molecule has 1 aromatic rings. The maximum absolute atomic E-state index is 8.71. The Bertz CT molecular complexity index is 172. The first kappa shape index (κ1) is 5.11. The van der Waals surface area contributed by atoms with Gasteiger partial charge >= 0.3 is 0 Å². The predicted molar refractivity (Wildman–Crippen MR) is 26.1 cm³/mol. The molecule has 0 radical (unpaired) electrons. The molecule has 0 aliphatic heterocycles. The topological polar surface area (TPSA) is 72.3 Å². The van der Waals surface area contributed by atoms with Crippen LogP contribution in [0.1, 0.15) is 5.69 Å². The van der Waals surface area contributed by atoms with Gasteiger partial charge in [-0.3, -0.25) is 0 Å². The number of aromatic nitrogens is 1. The van der Waals surface area contributed by atoms with Crippen molar-refractivity contribution in [2.45, 2.75) is 6.54 Å². The third kappa shape index (κ3) is 0.651. The lowest BCUT2D eigenvalue weighted by Gasteiger charge is -1.82. The van der Waals surface area contributed by atoms with Gasteiger partial charge in [0.05, 0.1) is 0 Å². The summed E-state index contributed by atoms with van der Waals surface area (Å²) in [6.45, 7) is 0.211. The summed E-state index contributed by atoms with van der Waals surface area (Å²) in [5.74, 6) is 0.0208. The lowest BCUT2D eigenvalue weighted by Crippen LogP contribution is -1.95. The van der Waals surface area contributed by atoms with Gasteiger partial charge in [-0.25, -0.2) is 0 Å². The number of aromatic hydroxyl groups is 1. The van der Waals surface area contributed by atoms with Crippen LogP contribution in [0.3, 0.4) is 0 Å². The van der Waals surface area contributed by atoms with Gasteiger partial charge in [0.15, 0.2) is 12.0 Å². The summed E-state index contributed by atoms with van der Waals surface area (Å²) in [7, 11) is 0. The molecule has 0 aliphatic rings. The van der Waals surface area contributed by atoms with E-state index in [4.69, 9.17) is 10.8 Å². The molecule has 0 amide bonds. The van der Waals surface area contributed by atoms with Crippen LogP contribution in [0.4, 0.5) is 0 Å². The lowest BCUT2D eigenvalue weighted by atomic mass is 10.4. The lowest BCUT2D eigenvalue weighted by molar-refractivity contribution is 0.405. The molecule has 44 valence electrons. The number of nitrogens with zero attached hydrogens (tertiary/aromatic N) is 1. The van der Waals surface area contributed by atoms with Crippen molar-refractivity contribution in [1.29, 1.82) is 0 Å². The molecule has 4 heteroatoms. The van der Waals surface area contributed by atoms with E-state index in [0.717, 1.165) is 6.26 Å². The van der Waals surface area contributed by atoms with Crippen molar-refractivity contribution < 1.29 is 9.63 Å². The minimum Gasteiger partial charge on any atom is -0.503 e. The van der Waals surface area contributed by atoms with Gasteiger partial charge < -0.3 is 15.4 Å². The van der Waals surface area contributed by atoms with Crippen molar-refractivity contribution in [3.05, 3.63) is 12.0 Å². The van der Waals surface area contributed by atoms with Crippen LogP contribution in [0.2, 0.25) is 0 Å². The minimum absolute atomic E-state index is 0.0208. The van der Waals surface area contributed by atoms with E-state index in [-0.39, 0.29) is 12.3 Å². The van der Waals surface area contributed by atoms with E-state index < -0.39 is 0 Å². The molecule has 0 atom stereocenters. The fourth-order valence-electron chi connectivity index (χ4n) is 0.397. The van der Waals surface area contributed by atoms with E-state index in [9.17, 15) is 0 Å². The highest BCUT2D eigenvalue weighted by molar-refractivity contribution is 5.18. The molecule has 1 heterocycles. The summed E-state index contributed by atoms with van der Waals surface area (Å²) < 4.78 is 4.36. The Morgan fingerprint density at radius 3 is 2.88 bits per heavy atom. The van der Waals surface area contributed by atoms with Gasteiger partial charge in [-0.1, -0.05) is 5.16 Å². The summed E-state index contributed by atoms with van der Waals surface area (Å²) in [5.41, 5.74) is 5.51. The van der Waals surface area contributed by atoms with Gasteiger partial charge in [0.2, 0.25) is 0 Å². The molecule has 1 aromatic heterocycles. The van der Waals surface area contributed by atoms with Crippen molar-refractivity contribution in [1.82, 2.24) is 5.16 Å². The fourth-order valence-corrected chi connectivity index (χ4v) is 0.397. The second kappa shape index (κ2) is 1.83. The van der Waals surface area contributed by atoms with E-state index in [1.807, 2.05) is 0 Å². The quantitative estimate of drug-likeness (QED) is 0.532. The summed E-state index contributed by atoms with van der Waals surface area (Å²) in [5, 5.41) is 12.1. The Morgan fingerprint density at radius 2 is 2.62 bits per heavy atom. The van der Waals surface area contributed by atoms with E-state index >= 15 is 0 Å². The highest BCUT2D eigenvalue weighted by Crippen LogP contribution is 2.11. The van der Waals surface area contributed by atoms with E-state index in [1.54, 1.807) is 0 Å². The third-order valence-electron chi connectivity index (χ3n) is 0.816. The van der Waals surface area contributed by atoms with Crippen molar-refractivity contribution >= 4 is 0 Å². The normalized spacial score (nSPS) is 9.62. The van der Waals surface area contributed by atoms with Crippen LogP contribution in [0.25, 0.3) is 0 Å². The number of nitrogens with two attached hydrogens (primary N) is 1. The third-order valence-corrected chi connectivity index (χ3v) is 0.816. The molecule has 0 saturated heterocycles. The molecule has 8 heavy (non-hydrogen) atoms. The summed E-state index contributed by atoms with van der Waals surface area (Å²) in [4.78, 5) is 0. The van der Waals surface area contributed by atoms with Crippen molar-refractivity contribution in [2.24, 2.45) is 5.73 Å². The average molecular weight is 114 g/mol. The Hall–Kier alpha value is -1.03. The van der Waals surface area contributed by atoms with Gasteiger partial charge in [-0.2, -0.15) is 0 Å². The zero-order chi connectivity index (χ0) is 5.98. The minimum atomic E-state index is 0.0208. The molecule has 0 unspecified atom stereocenters. The highest BCUT2D eigenvalue weighted by atomic mass is 16.5. The first-order valence-corrected chi connectivity index (χ1v) is 2.17. The monoisotopic (exact) mass is 114 g/mol. The molecule has 0 bridgehead atoms. The van der Waals surface area contributed by atoms with Gasteiger partial charge in [-0.05, 0) is 0 Å². The van der Waals surface area contributed by atoms with Crippen LogP contribution in [-0.2, 0) is 6.54 Å². The summed E-state index contributed by atoms with van der Waals surface area (Å²) >= 11 is 0. The van der Waals surface area contributed by atoms with Gasteiger partial charge in [-0.15, -0.1) is 0 Å². The second-order valence-electron chi connectivity index (χ2n) is 1.35. The standard InChI is InChI=1S/C4H6N2O2/c5-1-3-4(7)2-8-6-3/h2,7H,1,5H2. The summed E-state index contributed by atoms with van der Waals surface area (Å²) in [6, 6.07) is 0. The van der Waals surface area contributed by atoms with Crippen LogP contribution in [-0.4, -0.2) is 10.3 Å². The molecule has 0 aliphatic carbocycles. The largest absolute Gasteiger partial charge is 0.503 e. The Morgan fingerprint density at radius 1 is 1.88 bits per heavy atom. The van der Waals surface area contributed by atoms with Crippen LogP contribution >= 0.6 is 0 Å². The molecule has 3 N–H and O–H groups in total. The van der Waals surface area contributed by atoms with Crippen molar-refractivity contribution in [2.75, 3.05) is 0 Å². The van der Waals surface area contributed by atoms with Crippen LogP contribution < -0.4 is 5.73 Å². The highest BCUT2D eigenvalue weighted by Gasteiger charge is 2.00. The molecule has 0 aromatic carbocycles. The molecular weight excluding hydrogens is 108 g/mol. The van der Waals surface area contributed by atoms with Crippen molar-refractivity contribution in [3.63, 3.8) is 0 Å². The maximum atomic E-state index is 8.71. The first-order valence-electron chi connectivity index (χ1n) is 2.17. The SMILES string of the molecule is NCc1nocc1O. The predicted octanol–water partition coefficient (Wildman–Crippen LogP) is -0.161. The Balaban J connectivity index is 2.92. The Labute approximate surface area is 45.9 Å². The molecule has 1 rings (SSSR count). The molecule has 0 fully saturated rings. The van der Waals surface area contributed by atoms with Crippen LogP contribution in [0.5, 0.6) is 5.75 Å². The fraction of sp³-hybridized carbons (Fsp3) is 0.250.